The molecule has 0 aromatic heterocycles. The zero-order valence-corrected chi connectivity index (χ0v) is 21.3. The van der Waals surface area contributed by atoms with E-state index in [1.807, 2.05) is 60.7 Å². The van der Waals surface area contributed by atoms with E-state index in [1.165, 1.54) is 4.90 Å². The molecule has 7 heteroatoms. The Bertz CT molecular complexity index is 1470. The maximum atomic E-state index is 12.8. The van der Waals surface area contributed by atoms with Crippen LogP contribution in [0.4, 0.5) is 4.79 Å². The number of thioether (sulfide) groups is 1. The average molecular weight is 591 g/mol. The number of imide groups is 1. The Kier molecular flexibility index (Phi) is 6.70. The number of rotatable bonds is 5. The van der Waals surface area contributed by atoms with Crippen molar-refractivity contribution in [2.75, 3.05) is 0 Å². The third-order valence-electron chi connectivity index (χ3n) is 5.53. The molecule has 0 N–H and O–H groups in total. The first-order valence-corrected chi connectivity index (χ1v) is 12.7. The first-order valence-electron chi connectivity index (χ1n) is 10.8. The minimum atomic E-state index is -0.439. The number of hydrogen-bond donors (Lipinski definition) is 0. The molecule has 1 saturated heterocycles. The van der Waals surface area contributed by atoms with Crippen LogP contribution in [0.1, 0.15) is 21.5 Å². The summed E-state index contributed by atoms with van der Waals surface area (Å²) in [5, 5.41) is 1.51. The Labute approximate surface area is 219 Å². The highest BCUT2D eigenvalue weighted by Gasteiger charge is 2.34. The Morgan fingerprint density at radius 2 is 1.60 bits per heavy atom. The lowest BCUT2D eigenvalue weighted by Gasteiger charge is -2.12. The van der Waals surface area contributed by atoms with Gasteiger partial charge in [-0.15, -0.1) is 0 Å². The van der Waals surface area contributed by atoms with Gasteiger partial charge in [0.1, 0.15) is 5.75 Å². The van der Waals surface area contributed by atoms with Crippen LogP contribution in [0.15, 0.2) is 95.9 Å². The van der Waals surface area contributed by atoms with Crippen LogP contribution in [-0.2, 0) is 11.3 Å². The normalized spacial score (nSPS) is 14.7. The average Bonchev–Trinajstić information content (AvgIpc) is 3.13. The summed E-state index contributed by atoms with van der Waals surface area (Å²) >= 11 is 3.14. The lowest BCUT2D eigenvalue weighted by molar-refractivity contribution is -0.123. The largest absolute Gasteiger partial charge is 0.423 e. The van der Waals surface area contributed by atoms with E-state index in [4.69, 9.17) is 4.74 Å². The summed E-state index contributed by atoms with van der Waals surface area (Å²) in [6.45, 7) is 0.238. The Morgan fingerprint density at radius 1 is 0.886 bits per heavy atom. The molecule has 4 aromatic carbocycles. The molecular formula is C28H18INO4S. The molecule has 35 heavy (non-hydrogen) atoms. The lowest BCUT2D eigenvalue weighted by Crippen LogP contribution is -2.27. The molecule has 1 aliphatic heterocycles. The van der Waals surface area contributed by atoms with E-state index in [2.05, 4.69) is 22.6 Å². The third-order valence-corrected chi connectivity index (χ3v) is 7.15. The molecule has 0 spiro atoms. The van der Waals surface area contributed by atoms with Gasteiger partial charge in [-0.25, -0.2) is 4.79 Å². The Balaban J connectivity index is 1.28. The third kappa shape index (κ3) is 5.16. The maximum absolute atomic E-state index is 12.8. The Hall–Kier alpha value is -3.43. The highest BCUT2D eigenvalue weighted by Crippen LogP contribution is 2.33. The minimum absolute atomic E-state index is 0.238. The van der Waals surface area contributed by atoms with Crippen LogP contribution >= 0.6 is 34.4 Å². The van der Waals surface area contributed by atoms with Crippen LogP contribution in [0, 0.1) is 3.57 Å². The van der Waals surface area contributed by atoms with Crippen LogP contribution in [0.25, 0.3) is 16.8 Å². The molecule has 0 radical (unpaired) electrons. The van der Waals surface area contributed by atoms with Gasteiger partial charge in [0.15, 0.2) is 0 Å². The predicted octanol–water partition coefficient (Wildman–Crippen LogP) is 6.90. The molecule has 0 saturated carbocycles. The molecule has 0 unspecified atom stereocenters. The fourth-order valence-electron chi connectivity index (χ4n) is 3.76. The van der Waals surface area contributed by atoms with Crippen LogP contribution in [0.5, 0.6) is 5.75 Å². The standard InChI is InChI=1S/C28H18INO4S/c29-21-12-8-19(9-13-21)17-30-26(31)25(35-28(30)33)16-18-10-14-22(15-11-18)34-27(32)24-7-3-5-20-4-1-2-6-23(20)24/h1-16H,17H2/b25-16-. The van der Waals surface area contributed by atoms with Gasteiger partial charge < -0.3 is 4.74 Å². The fourth-order valence-corrected chi connectivity index (χ4v) is 4.96. The highest BCUT2D eigenvalue weighted by atomic mass is 127. The minimum Gasteiger partial charge on any atom is -0.423 e. The molecule has 172 valence electrons. The van der Waals surface area contributed by atoms with Gasteiger partial charge in [-0.05, 0) is 92.7 Å². The number of carbonyl (C=O) groups excluding carboxylic acids is 3. The summed E-state index contributed by atoms with van der Waals surface area (Å²) in [6, 6.07) is 27.7. The molecule has 1 aliphatic rings. The highest BCUT2D eigenvalue weighted by molar-refractivity contribution is 14.1. The molecule has 5 rings (SSSR count). The summed E-state index contributed by atoms with van der Waals surface area (Å²) in [7, 11) is 0. The van der Waals surface area contributed by atoms with Gasteiger partial charge in [-0.3, -0.25) is 14.5 Å². The van der Waals surface area contributed by atoms with Crippen molar-refractivity contribution in [3.05, 3.63) is 116 Å². The van der Waals surface area contributed by atoms with Crippen molar-refractivity contribution in [3.63, 3.8) is 0 Å². The predicted molar refractivity (Wildman–Crippen MR) is 146 cm³/mol. The summed E-state index contributed by atoms with van der Waals surface area (Å²) in [6.07, 6.45) is 1.68. The summed E-state index contributed by atoms with van der Waals surface area (Å²) in [5.41, 5.74) is 2.12. The summed E-state index contributed by atoms with van der Waals surface area (Å²) < 4.78 is 6.66. The monoisotopic (exact) mass is 591 g/mol. The maximum Gasteiger partial charge on any atom is 0.344 e. The number of ether oxygens (including phenoxy) is 1. The van der Waals surface area contributed by atoms with Crippen LogP contribution < -0.4 is 4.74 Å². The van der Waals surface area contributed by atoms with Gasteiger partial charge in [0.25, 0.3) is 11.1 Å². The van der Waals surface area contributed by atoms with Gasteiger partial charge in [-0.2, -0.15) is 0 Å². The quantitative estimate of drug-likeness (QED) is 0.109. The van der Waals surface area contributed by atoms with E-state index < -0.39 is 5.97 Å². The lowest BCUT2D eigenvalue weighted by atomic mass is 10.0. The van der Waals surface area contributed by atoms with Crippen molar-refractivity contribution in [1.29, 1.82) is 0 Å². The zero-order valence-electron chi connectivity index (χ0n) is 18.3. The first kappa shape index (κ1) is 23.3. The number of amides is 2. The zero-order chi connectivity index (χ0) is 24.4. The van der Waals surface area contributed by atoms with E-state index in [-0.39, 0.29) is 17.7 Å². The van der Waals surface area contributed by atoms with E-state index in [0.717, 1.165) is 37.2 Å². The number of carbonyl (C=O) groups is 3. The number of esters is 1. The molecule has 1 fully saturated rings. The second-order valence-electron chi connectivity index (χ2n) is 7.88. The number of hydrogen-bond acceptors (Lipinski definition) is 5. The van der Waals surface area contributed by atoms with Crippen molar-refractivity contribution in [3.8, 4) is 5.75 Å². The number of fused-ring (bicyclic) bond motifs is 1. The van der Waals surface area contributed by atoms with Crippen molar-refractivity contribution < 1.29 is 19.1 Å². The van der Waals surface area contributed by atoms with Crippen molar-refractivity contribution in [2.24, 2.45) is 0 Å². The van der Waals surface area contributed by atoms with Gasteiger partial charge in [0.2, 0.25) is 0 Å². The first-order chi connectivity index (χ1) is 17.0. The van der Waals surface area contributed by atoms with E-state index in [9.17, 15) is 14.4 Å². The second-order valence-corrected chi connectivity index (χ2v) is 10.1. The SMILES string of the molecule is O=C(Oc1ccc(/C=C2\SC(=O)N(Cc3ccc(I)cc3)C2=O)cc1)c1cccc2ccccc12. The van der Waals surface area contributed by atoms with Gasteiger partial charge >= 0.3 is 5.97 Å². The van der Waals surface area contributed by atoms with Crippen LogP contribution in [0.2, 0.25) is 0 Å². The fraction of sp³-hybridized carbons (Fsp3) is 0.0357. The second kappa shape index (κ2) is 10.1. The summed E-state index contributed by atoms with van der Waals surface area (Å²) in [5.74, 6) is -0.358. The molecular weight excluding hydrogens is 573 g/mol. The topological polar surface area (TPSA) is 63.7 Å². The summed E-state index contributed by atoms with van der Waals surface area (Å²) in [4.78, 5) is 39.6. The molecule has 4 aromatic rings. The molecule has 0 bridgehead atoms. The molecule has 2 amide bonds. The molecule has 5 nitrogen and oxygen atoms in total. The van der Waals surface area contributed by atoms with Gasteiger partial charge in [0, 0.05) is 3.57 Å². The van der Waals surface area contributed by atoms with Crippen molar-refractivity contribution in [2.45, 2.75) is 6.54 Å². The smallest absolute Gasteiger partial charge is 0.344 e. The van der Waals surface area contributed by atoms with E-state index >= 15 is 0 Å². The number of halogens is 1. The van der Waals surface area contributed by atoms with E-state index in [1.54, 1.807) is 36.4 Å². The molecule has 0 atom stereocenters. The molecule has 1 heterocycles. The number of nitrogens with zero attached hydrogens (tertiary/aromatic N) is 1. The van der Waals surface area contributed by atoms with Crippen molar-refractivity contribution in [1.82, 2.24) is 4.90 Å². The van der Waals surface area contributed by atoms with E-state index in [0.29, 0.717) is 16.2 Å². The molecule has 0 aliphatic carbocycles. The van der Waals surface area contributed by atoms with Crippen LogP contribution in [-0.4, -0.2) is 22.0 Å². The number of benzene rings is 4. The van der Waals surface area contributed by atoms with Gasteiger partial charge in [0.05, 0.1) is 17.0 Å². The van der Waals surface area contributed by atoms with Gasteiger partial charge in [-0.1, -0.05) is 60.7 Å². The Morgan fingerprint density at radius 3 is 2.37 bits per heavy atom. The van der Waals surface area contributed by atoms with Crippen molar-refractivity contribution >= 4 is 68.3 Å². The van der Waals surface area contributed by atoms with Crippen LogP contribution in [0.3, 0.4) is 0 Å².